The zero-order valence-electron chi connectivity index (χ0n) is 14.0. The van der Waals surface area contributed by atoms with Crippen LogP contribution >= 0.6 is 0 Å². The van der Waals surface area contributed by atoms with Gasteiger partial charge >= 0.3 is 0 Å². The molecule has 0 amide bonds. The number of hydrogen-bond acceptors (Lipinski definition) is 5. The Bertz CT molecular complexity index is 1220. The Morgan fingerprint density at radius 3 is 2.69 bits per heavy atom. The summed E-state index contributed by atoms with van der Waals surface area (Å²) in [6, 6.07) is 15.1. The molecule has 2 aromatic carbocycles. The molecule has 0 fully saturated rings. The fraction of sp³-hybridized carbons (Fsp3) is 0.0500. The largest absolute Gasteiger partial charge is 0.508 e. The van der Waals surface area contributed by atoms with Crippen molar-refractivity contribution in [3.63, 3.8) is 0 Å². The molecule has 5 rings (SSSR count). The summed E-state index contributed by atoms with van der Waals surface area (Å²) < 4.78 is 1.75. The molecule has 0 saturated carbocycles. The van der Waals surface area contributed by atoms with E-state index in [2.05, 4.69) is 10.1 Å². The number of rotatable bonds is 1. The van der Waals surface area contributed by atoms with Crippen molar-refractivity contribution >= 4 is 22.9 Å². The molecule has 0 atom stereocenters. The fourth-order valence-corrected chi connectivity index (χ4v) is 3.49. The summed E-state index contributed by atoms with van der Waals surface area (Å²) in [6.45, 7) is 1.96. The summed E-state index contributed by atoms with van der Waals surface area (Å²) in [4.78, 5) is 9.46. The molecule has 1 aliphatic rings. The summed E-state index contributed by atoms with van der Waals surface area (Å²) in [5.41, 5.74) is 13.0. The number of aliphatic imine (C=N–C) groups is 1. The van der Waals surface area contributed by atoms with Gasteiger partial charge in [0.05, 0.1) is 11.4 Å². The van der Waals surface area contributed by atoms with Gasteiger partial charge in [-0.05, 0) is 42.8 Å². The van der Waals surface area contributed by atoms with Crippen LogP contribution in [0.15, 0.2) is 59.7 Å². The number of phenols is 1. The van der Waals surface area contributed by atoms with Crippen molar-refractivity contribution in [3.05, 3.63) is 71.4 Å². The Morgan fingerprint density at radius 1 is 1.00 bits per heavy atom. The number of para-hydroxylation sites is 1. The van der Waals surface area contributed by atoms with E-state index >= 15 is 0 Å². The second-order valence-electron chi connectivity index (χ2n) is 6.32. The van der Waals surface area contributed by atoms with Gasteiger partial charge in [0.2, 0.25) is 5.95 Å². The maximum Gasteiger partial charge on any atom is 0.238 e. The van der Waals surface area contributed by atoms with E-state index in [-0.39, 0.29) is 11.7 Å². The topological polar surface area (TPSA) is 88.8 Å². The maximum absolute atomic E-state index is 9.77. The lowest BCUT2D eigenvalue weighted by Gasteiger charge is -2.09. The monoisotopic (exact) mass is 341 g/mol. The van der Waals surface area contributed by atoms with Crippen LogP contribution in [-0.2, 0) is 0 Å². The van der Waals surface area contributed by atoms with E-state index in [9.17, 15) is 5.11 Å². The van der Waals surface area contributed by atoms with Crippen LogP contribution in [0.25, 0.3) is 16.8 Å². The number of fused-ring (bicyclic) bond motifs is 2. The molecular formula is C20H15N5O. The number of phenolic OH excluding ortho intramolecular Hbond substituents is 1. The highest BCUT2D eigenvalue weighted by Gasteiger charge is 2.24. The predicted octanol–water partition coefficient (Wildman–Crippen LogP) is 3.48. The molecule has 0 unspecified atom stereocenters. The van der Waals surface area contributed by atoms with Gasteiger partial charge in [0.25, 0.3) is 0 Å². The first kappa shape index (κ1) is 14.7. The molecule has 4 aromatic rings. The molecule has 0 spiro atoms. The van der Waals surface area contributed by atoms with Gasteiger partial charge < -0.3 is 10.8 Å². The van der Waals surface area contributed by atoms with E-state index in [1.54, 1.807) is 16.6 Å². The number of aromatic nitrogens is 3. The molecule has 0 saturated heterocycles. The molecule has 0 bridgehead atoms. The first-order valence-electron chi connectivity index (χ1n) is 8.25. The van der Waals surface area contributed by atoms with Crippen molar-refractivity contribution in [2.45, 2.75) is 6.92 Å². The van der Waals surface area contributed by atoms with Gasteiger partial charge in [-0.15, -0.1) is 5.10 Å². The van der Waals surface area contributed by atoms with Crippen molar-refractivity contribution < 1.29 is 5.11 Å². The molecule has 0 radical (unpaired) electrons. The van der Waals surface area contributed by atoms with Gasteiger partial charge in [-0.2, -0.15) is 0 Å². The summed E-state index contributed by atoms with van der Waals surface area (Å²) in [7, 11) is 0. The zero-order valence-corrected chi connectivity index (χ0v) is 14.0. The van der Waals surface area contributed by atoms with Crippen molar-refractivity contribution in [1.82, 2.24) is 14.6 Å². The van der Waals surface area contributed by atoms with E-state index in [1.807, 2.05) is 49.5 Å². The zero-order chi connectivity index (χ0) is 17.8. The molecule has 6 heteroatoms. The van der Waals surface area contributed by atoms with Crippen LogP contribution in [-0.4, -0.2) is 25.4 Å². The third-order valence-electron chi connectivity index (χ3n) is 4.64. The van der Waals surface area contributed by atoms with Crippen LogP contribution in [0.2, 0.25) is 0 Å². The van der Waals surface area contributed by atoms with Crippen LogP contribution in [0.5, 0.6) is 5.75 Å². The molecule has 2 aromatic heterocycles. The summed E-state index contributed by atoms with van der Waals surface area (Å²) in [5.74, 6) is 0.452. The number of nitrogens with two attached hydrogens (primary N) is 1. The Labute approximate surface area is 149 Å². The minimum atomic E-state index is 0.216. The second kappa shape index (κ2) is 5.16. The molecule has 6 nitrogen and oxygen atoms in total. The van der Waals surface area contributed by atoms with E-state index in [4.69, 9.17) is 10.7 Å². The normalized spacial score (nSPS) is 12.6. The first-order chi connectivity index (χ1) is 12.6. The smallest absolute Gasteiger partial charge is 0.238 e. The Hall–Kier alpha value is -3.67. The van der Waals surface area contributed by atoms with Gasteiger partial charge in [-0.3, -0.25) is 0 Å². The van der Waals surface area contributed by atoms with Crippen LogP contribution in [0.1, 0.15) is 16.7 Å². The van der Waals surface area contributed by atoms with Crippen molar-refractivity contribution in [2.75, 3.05) is 5.73 Å². The Morgan fingerprint density at radius 2 is 1.85 bits per heavy atom. The minimum Gasteiger partial charge on any atom is -0.508 e. The van der Waals surface area contributed by atoms with Crippen molar-refractivity contribution in [3.8, 4) is 17.0 Å². The number of aryl methyl sites for hydroxylation is 1. The highest BCUT2D eigenvalue weighted by molar-refractivity contribution is 6.21. The molecule has 26 heavy (non-hydrogen) atoms. The van der Waals surface area contributed by atoms with E-state index in [1.165, 1.54) is 0 Å². The number of hydrogen-bond donors (Lipinski definition) is 2. The standard InChI is InChI=1S/C20H15N5O/c1-11-10-12(26)6-7-13(11)17-15-8-9-25-19(15)18(23-20(21)24-25)14-4-2-3-5-16(14)22-17/h2-10,26H,1H3,(H2,21,24). The van der Waals surface area contributed by atoms with Crippen molar-refractivity contribution in [2.24, 2.45) is 4.99 Å². The average Bonchev–Trinajstić information content (AvgIpc) is 2.97. The number of nitrogen functional groups attached to an aromatic ring is 1. The van der Waals surface area contributed by atoms with Crippen LogP contribution in [0, 0.1) is 6.92 Å². The van der Waals surface area contributed by atoms with Crippen LogP contribution < -0.4 is 5.73 Å². The number of aromatic hydroxyl groups is 1. The maximum atomic E-state index is 9.77. The van der Waals surface area contributed by atoms with Gasteiger partial charge in [0, 0.05) is 22.9 Å². The lowest BCUT2D eigenvalue weighted by molar-refractivity contribution is 0.475. The van der Waals surface area contributed by atoms with E-state index < -0.39 is 0 Å². The molecule has 3 N–H and O–H groups in total. The summed E-state index contributed by atoms with van der Waals surface area (Å²) in [6.07, 6.45) is 1.87. The van der Waals surface area contributed by atoms with Gasteiger partial charge in [-0.25, -0.2) is 14.5 Å². The Kier molecular flexibility index (Phi) is 2.91. The minimum absolute atomic E-state index is 0.216. The number of anilines is 1. The Balaban J connectivity index is 1.93. The summed E-state index contributed by atoms with van der Waals surface area (Å²) in [5, 5.41) is 14.1. The summed E-state index contributed by atoms with van der Waals surface area (Å²) >= 11 is 0. The van der Waals surface area contributed by atoms with E-state index in [0.29, 0.717) is 0 Å². The molecular weight excluding hydrogens is 326 g/mol. The second-order valence-corrected chi connectivity index (χ2v) is 6.32. The fourth-order valence-electron chi connectivity index (χ4n) is 3.49. The first-order valence-corrected chi connectivity index (χ1v) is 8.25. The van der Waals surface area contributed by atoms with Gasteiger partial charge in [0.15, 0.2) is 0 Å². The third kappa shape index (κ3) is 2.02. The lowest BCUT2D eigenvalue weighted by atomic mass is 9.98. The van der Waals surface area contributed by atoms with Crippen LogP contribution in [0.4, 0.5) is 11.6 Å². The third-order valence-corrected chi connectivity index (χ3v) is 4.64. The number of nitrogens with zero attached hydrogens (tertiary/aromatic N) is 4. The molecule has 1 aliphatic heterocycles. The highest BCUT2D eigenvalue weighted by atomic mass is 16.3. The van der Waals surface area contributed by atoms with Gasteiger partial charge in [-0.1, -0.05) is 18.2 Å². The van der Waals surface area contributed by atoms with Gasteiger partial charge in [0.1, 0.15) is 17.0 Å². The van der Waals surface area contributed by atoms with Crippen molar-refractivity contribution in [1.29, 1.82) is 0 Å². The van der Waals surface area contributed by atoms with E-state index in [0.717, 1.165) is 44.9 Å². The molecule has 3 heterocycles. The average molecular weight is 341 g/mol. The number of benzene rings is 2. The van der Waals surface area contributed by atoms with Crippen LogP contribution in [0.3, 0.4) is 0 Å². The molecule has 126 valence electrons. The lowest BCUT2D eigenvalue weighted by Crippen LogP contribution is -2.07. The molecule has 0 aliphatic carbocycles. The predicted molar refractivity (Wildman–Crippen MR) is 101 cm³/mol. The quantitative estimate of drug-likeness (QED) is 0.488. The SMILES string of the molecule is Cc1cc(O)ccc1C1=Nc2ccccc2-c2nc(N)nn3ccc1c23. The highest BCUT2D eigenvalue weighted by Crippen LogP contribution is 2.38.